The second-order valence-electron chi connectivity index (χ2n) is 5.76. The van der Waals surface area contributed by atoms with Crippen molar-refractivity contribution in [2.45, 2.75) is 18.2 Å². The molecule has 0 amide bonds. The summed E-state index contributed by atoms with van der Waals surface area (Å²) in [4.78, 5) is 4.10. The van der Waals surface area contributed by atoms with Crippen molar-refractivity contribution in [2.75, 3.05) is 10.0 Å². The molecule has 0 spiro atoms. The Morgan fingerprint density at radius 1 is 0.963 bits per heavy atom. The summed E-state index contributed by atoms with van der Waals surface area (Å²) in [6.07, 6.45) is 2.09. The Morgan fingerprint density at radius 3 is 2.19 bits per heavy atom. The van der Waals surface area contributed by atoms with Crippen molar-refractivity contribution in [3.8, 4) is 0 Å². The molecule has 2 aromatic carbocycles. The zero-order valence-corrected chi connectivity index (χ0v) is 15.2. The van der Waals surface area contributed by atoms with Crippen molar-refractivity contribution in [1.82, 2.24) is 4.98 Å². The van der Waals surface area contributed by atoms with Crippen molar-refractivity contribution >= 4 is 27.2 Å². The van der Waals surface area contributed by atoms with Gasteiger partial charge in [-0.15, -0.1) is 0 Å². The molecule has 0 unspecified atom stereocenters. The van der Waals surface area contributed by atoms with Gasteiger partial charge in [0.05, 0.1) is 16.8 Å². The number of halogens is 2. The average molecular weight is 389 g/mol. The molecule has 2 N–H and O–H groups in total. The molecule has 0 fully saturated rings. The van der Waals surface area contributed by atoms with Crippen LogP contribution in [0.1, 0.15) is 12.5 Å². The number of sulfonamides is 1. The van der Waals surface area contributed by atoms with E-state index in [4.69, 9.17) is 0 Å². The van der Waals surface area contributed by atoms with E-state index >= 15 is 0 Å². The molecule has 27 heavy (non-hydrogen) atoms. The Balaban J connectivity index is 1.75. The van der Waals surface area contributed by atoms with E-state index in [0.29, 0.717) is 5.69 Å². The van der Waals surface area contributed by atoms with Crippen LogP contribution in [-0.4, -0.2) is 13.4 Å². The van der Waals surface area contributed by atoms with Crippen LogP contribution in [0.15, 0.2) is 65.7 Å². The van der Waals surface area contributed by atoms with E-state index in [1.54, 1.807) is 12.1 Å². The van der Waals surface area contributed by atoms with Crippen LogP contribution in [0.3, 0.4) is 0 Å². The van der Waals surface area contributed by atoms with Gasteiger partial charge < -0.3 is 5.32 Å². The summed E-state index contributed by atoms with van der Waals surface area (Å²) in [6.45, 7) is 1.98. The van der Waals surface area contributed by atoms with Gasteiger partial charge in [-0.25, -0.2) is 22.2 Å². The highest BCUT2D eigenvalue weighted by molar-refractivity contribution is 7.92. The van der Waals surface area contributed by atoms with Crippen LogP contribution in [-0.2, 0) is 16.4 Å². The maximum absolute atomic E-state index is 13.7. The van der Waals surface area contributed by atoms with Crippen LogP contribution in [0, 0.1) is 11.6 Å². The lowest BCUT2D eigenvalue weighted by Crippen LogP contribution is -2.14. The van der Waals surface area contributed by atoms with Gasteiger partial charge in [-0.05, 0) is 48.4 Å². The normalized spacial score (nSPS) is 11.2. The van der Waals surface area contributed by atoms with Crippen LogP contribution < -0.4 is 10.0 Å². The van der Waals surface area contributed by atoms with E-state index in [0.717, 1.165) is 24.1 Å². The molecule has 0 aliphatic heterocycles. The molecular formula is C19H17F2N3O2S. The fourth-order valence-electron chi connectivity index (χ4n) is 2.39. The summed E-state index contributed by atoms with van der Waals surface area (Å²) >= 11 is 0. The first-order valence-electron chi connectivity index (χ1n) is 8.18. The molecule has 3 rings (SSSR count). The molecule has 1 aromatic heterocycles. The van der Waals surface area contributed by atoms with Gasteiger partial charge in [0, 0.05) is 0 Å². The molecule has 1 heterocycles. The molecule has 0 saturated heterocycles. The predicted molar refractivity (Wildman–Crippen MR) is 101 cm³/mol. The van der Waals surface area contributed by atoms with Gasteiger partial charge in [-0.1, -0.05) is 25.1 Å². The molecule has 5 nitrogen and oxygen atoms in total. The van der Waals surface area contributed by atoms with Crippen molar-refractivity contribution in [2.24, 2.45) is 0 Å². The number of nitrogens with one attached hydrogen (secondary N) is 2. The monoisotopic (exact) mass is 389 g/mol. The molecule has 0 bridgehead atoms. The van der Waals surface area contributed by atoms with E-state index in [2.05, 4.69) is 15.0 Å². The second-order valence-corrected chi connectivity index (χ2v) is 7.44. The van der Waals surface area contributed by atoms with E-state index in [9.17, 15) is 17.2 Å². The van der Waals surface area contributed by atoms with Crippen LogP contribution in [0.4, 0.5) is 26.0 Å². The maximum Gasteiger partial charge on any atom is 0.263 e. The van der Waals surface area contributed by atoms with Crippen LogP contribution in [0.25, 0.3) is 0 Å². The molecule has 0 atom stereocenters. The predicted octanol–water partition coefficient (Wildman–Crippen LogP) is 4.47. The first kappa shape index (κ1) is 18.8. The number of rotatable bonds is 6. The lowest BCUT2D eigenvalue weighted by atomic mass is 10.2. The van der Waals surface area contributed by atoms with Crippen molar-refractivity contribution in [1.29, 1.82) is 0 Å². The quantitative estimate of drug-likeness (QED) is 0.653. The molecule has 0 aliphatic rings. The Hall–Kier alpha value is -3.00. The van der Waals surface area contributed by atoms with Crippen molar-refractivity contribution < 1.29 is 17.2 Å². The van der Waals surface area contributed by atoms with Crippen LogP contribution in [0.5, 0.6) is 0 Å². The summed E-state index contributed by atoms with van der Waals surface area (Å²) < 4.78 is 54.5. The number of anilines is 3. The number of hydrogen-bond donors (Lipinski definition) is 2. The third-order valence-electron chi connectivity index (χ3n) is 3.88. The fourth-order valence-corrected chi connectivity index (χ4v) is 3.40. The highest BCUT2D eigenvalue weighted by atomic mass is 32.2. The molecule has 3 aromatic rings. The average Bonchev–Trinajstić information content (AvgIpc) is 2.66. The molecule has 140 valence electrons. The van der Waals surface area contributed by atoms with Gasteiger partial charge in [0.25, 0.3) is 10.0 Å². The van der Waals surface area contributed by atoms with E-state index < -0.39 is 21.7 Å². The number of hydrogen-bond acceptors (Lipinski definition) is 4. The third kappa shape index (κ3) is 4.40. The number of pyridine rings is 1. The zero-order chi connectivity index (χ0) is 19.4. The lowest BCUT2D eigenvalue weighted by Gasteiger charge is -2.10. The van der Waals surface area contributed by atoms with Gasteiger partial charge in [-0.3, -0.25) is 4.72 Å². The highest BCUT2D eigenvalue weighted by Gasteiger charge is 2.15. The Kier molecular flexibility index (Phi) is 5.36. The fraction of sp³-hybridized carbons (Fsp3) is 0.105. The van der Waals surface area contributed by atoms with Crippen LogP contribution in [0.2, 0.25) is 0 Å². The smallest absolute Gasteiger partial charge is 0.263 e. The minimum Gasteiger partial charge on any atom is -0.349 e. The van der Waals surface area contributed by atoms with E-state index in [1.165, 1.54) is 36.5 Å². The standard InChI is InChI=1S/C19H17F2N3O2S/c1-2-13-6-9-15(10-7-13)27(25,26)24-18-11-8-14(12-22-18)23-19-16(20)4-3-5-17(19)21/h3-12,23H,2H2,1H3,(H,22,24). The highest BCUT2D eigenvalue weighted by Crippen LogP contribution is 2.23. The number of benzene rings is 2. The Bertz CT molecular complexity index is 1020. The topological polar surface area (TPSA) is 71.1 Å². The largest absolute Gasteiger partial charge is 0.349 e. The summed E-state index contributed by atoms with van der Waals surface area (Å²) in [7, 11) is -3.78. The van der Waals surface area contributed by atoms with E-state index in [1.807, 2.05) is 6.92 Å². The summed E-state index contributed by atoms with van der Waals surface area (Å²) in [6, 6.07) is 12.9. The maximum atomic E-state index is 13.7. The molecule has 0 saturated carbocycles. The SMILES string of the molecule is CCc1ccc(S(=O)(=O)Nc2ccc(Nc3c(F)cccc3F)cn2)cc1. The second kappa shape index (κ2) is 7.71. The van der Waals surface area contributed by atoms with Gasteiger partial charge in [0.15, 0.2) is 0 Å². The molecule has 0 radical (unpaired) electrons. The van der Waals surface area contributed by atoms with Crippen LogP contribution >= 0.6 is 0 Å². The zero-order valence-electron chi connectivity index (χ0n) is 14.4. The van der Waals surface area contributed by atoms with Gasteiger partial charge in [0.2, 0.25) is 0 Å². The summed E-state index contributed by atoms with van der Waals surface area (Å²) in [5.74, 6) is -1.39. The van der Waals surface area contributed by atoms with E-state index in [-0.39, 0.29) is 16.4 Å². The first-order valence-corrected chi connectivity index (χ1v) is 9.66. The third-order valence-corrected chi connectivity index (χ3v) is 5.25. The number of nitrogens with zero attached hydrogens (tertiary/aromatic N) is 1. The lowest BCUT2D eigenvalue weighted by molar-refractivity contribution is 0.590. The minimum absolute atomic E-state index is 0.0918. The van der Waals surface area contributed by atoms with Crippen molar-refractivity contribution in [3.05, 3.63) is 78.0 Å². The van der Waals surface area contributed by atoms with Gasteiger partial charge in [-0.2, -0.15) is 0 Å². The Labute approximate surface area is 156 Å². The number of para-hydroxylation sites is 1. The van der Waals surface area contributed by atoms with Gasteiger partial charge in [0.1, 0.15) is 23.1 Å². The van der Waals surface area contributed by atoms with Gasteiger partial charge >= 0.3 is 0 Å². The molecular weight excluding hydrogens is 372 g/mol. The number of aromatic nitrogens is 1. The molecule has 0 aliphatic carbocycles. The summed E-state index contributed by atoms with van der Waals surface area (Å²) in [5.41, 5.74) is 1.04. The minimum atomic E-state index is -3.78. The molecule has 8 heteroatoms. The van der Waals surface area contributed by atoms with Crippen molar-refractivity contribution in [3.63, 3.8) is 0 Å². The Morgan fingerprint density at radius 2 is 1.63 bits per heavy atom. The number of aryl methyl sites for hydroxylation is 1. The first-order chi connectivity index (χ1) is 12.9. The summed E-state index contributed by atoms with van der Waals surface area (Å²) in [5, 5.41) is 2.59.